The Kier molecular flexibility index (Phi) is 6.27. The van der Waals surface area contributed by atoms with Gasteiger partial charge in [-0.1, -0.05) is 30.3 Å². The molecular formula is C23H22N4O5S. The van der Waals surface area contributed by atoms with E-state index in [4.69, 9.17) is 5.11 Å². The molecule has 3 N–H and O–H groups in total. The molecule has 0 saturated heterocycles. The van der Waals surface area contributed by atoms with Gasteiger partial charge in [-0.2, -0.15) is 0 Å². The number of benzene rings is 1. The maximum absolute atomic E-state index is 12.7. The van der Waals surface area contributed by atoms with Crippen LogP contribution in [0.5, 0.6) is 0 Å². The predicted octanol–water partition coefficient (Wildman–Crippen LogP) is 2.20. The number of carbonyl (C=O) groups is 2. The third-order valence-corrected chi connectivity index (χ3v) is 6.53. The Bertz CT molecular complexity index is 1450. The van der Waals surface area contributed by atoms with Gasteiger partial charge in [0.1, 0.15) is 9.71 Å². The molecular weight excluding hydrogens is 444 g/mol. The van der Waals surface area contributed by atoms with Crippen LogP contribution in [0.1, 0.15) is 21.8 Å². The highest BCUT2D eigenvalue weighted by atomic mass is 32.1. The van der Waals surface area contributed by atoms with Crippen LogP contribution in [0.4, 0.5) is 0 Å². The summed E-state index contributed by atoms with van der Waals surface area (Å²) in [6, 6.07) is 15.1. The minimum absolute atomic E-state index is 0.00784. The van der Waals surface area contributed by atoms with Crippen molar-refractivity contribution in [1.29, 1.82) is 0 Å². The van der Waals surface area contributed by atoms with Crippen LogP contribution in [0.2, 0.25) is 0 Å². The number of carboxylic acid groups (broad SMARTS) is 1. The molecule has 0 radical (unpaired) electrons. The lowest BCUT2D eigenvalue weighted by atomic mass is 10.2. The Morgan fingerprint density at radius 3 is 2.61 bits per heavy atom. The van der Waals surface area contributed by atoms with Crippen molar-refractivity contribution in [2.45, 2.75) is 19.4 Å². The molecule has 4 rings (SSSR count). The Balaban J connectivity index is 1.36. The number of thiophene rings is 1. The molecule has 0 unspecified atom stereocenters. The number of nitrogens with one attached hydrogen (secondary N) is 2. The molecule has 3 heterocycles. The van der Waals surface area contributed by atoms with E-state index >= 15 is 0 Å². The monoisotopic (exact) mass is 466 g/mol. The SMILES string of the molecule is Cn1c(=O)n(CCNC(=O)CCc2ccc(-c3ccccc3)[nH]2)c(=O)c2cc(C(=O)O)sc21. The van der Waals surface area contributed by atoms with Gasteiger partial charge in [-0.25, -0.2) is 9.59 Å². The Labute approximate surface area is 191 Å². The molecule has 0 atom stereocenters. The van der Waals surface area contributed by atoms with E-state index in [-0.39, 0.29) is 35.7 Å². The van der Waals surface area contributed by atoms with Crippen LogP contribution in [0.25, 0.3) is 21.5 Å². The first-order chi connectivity index (χ1) is 15.8. The number of hydrogen-bond acceptors (Lipinski definition) is 5. The van der Waals surface area contributed by atoms with Gasteiger partial charge in [0.05, 0.1) is 5.39 Å². The van der Waals surface area contributed by atoms with Crippen LogP contribution >= 0.6 is 11.3 Å². The molecule has 10 heteroatoms. The minimum atomic E-state index is -1.15. The van der Waals surface area contributed by atoms with Crippen LogP contribution in [0.3, 0.4) is 0 Å². The number of nitrogens with zero attached hydrogens (tertiary/aromatic N) is 2. The number of amides is 1. The van der Waals surface area contributed by atoms with Crippen molar-refractivity contribution in [1.82, 2.24) is 19.4 Å². The molecule has 1 amide bonds. The fraction of sp³-hybridized carbons (Fsp3) is 0.217. The Hall–Kier alpha value is -3.92. The quantitative estimate of drug-likeness (QED) is 0.367. The number of aryl methyl sites for hydroxylation is 2. The van der Waals surface area contributed by atoms with Crippen molar-refractivity contribution in [2.75, 3.05) is 6.54 Å². The normalized spacial score (nSPS) is 11.1. The number of aromatic carboxylic acids is 1. The highest BCUT2D eigenvalue weighted by molar-refractivity contribution is 7.20. The second-order valence-electron chi connectivity index (χ2n) is 7.55. The fourth-order valence-corrected chi connectivity index (χ4v) is 4.55. The average molecular weight is 467 g/mol. The zero-order chi connectivity index (χ0) is 23.5. The molecule has 33 heavy (non-hydrogen) atoms. The summed E-state index contributed by atoms with van der Waals surface area (Å²) >= 11 is 0.880. The van der Waals surface area contributed by atoms with Crippen LogP contribution in [0, 0.1) is 0 Å². The van der Waals surface area contributed by atoms with Gasteiger partial charge in [0.15, 0.2) is 0 Å². The van der Waals surface area contributed by atoms with Crippen molar-refractivity contribution in [2.24, 2.45) is 7.05 Å². The third-order valence-electron chi connectivity index (χ3n) is 5.33. The molecule has 0 fully saturated rings. The number of carbonyl (C=O) groups excluding carboxylic acids is 1. The molecule has 1 aromatic carbocycles. The highest BCUT2D eigenvalue weighted by Crippen LogP contribution is 2.21. The van der Waals surface area contributed by atoms with Crippen LogP contribution in [-0.4, -0.2) is 37.6 Å². The summed E-state index contributed by atoms with van der Waals surface area (Å²) < 4.78 is 2.27. The molecule has 9 nitrogen and oxygen atoms in total. The Morgan fingerprint density at radius 1 is 1.12 bits per heavy atom. The molecule has 0 saturated carbocycles. The summed E-state index contributed by atoms with van der Waals surface area (Å²) in [5, 5.41) is 12.1. The first kappa shape index (κ1) is 22.3. The van der Waals surface area contributed by atoms with Gasteiger partial charge in [0.25, 0.3) is 5.56 Å². The second-order valence-corrected chi connectivity index (χ2v) is 8.58. The van der Waals surface area contributed by atoms with E-state index in [1.165, 1.54) is 17.7 Å². The molecule has 0 spiro atoms. The predicted molar refractivity (Wildman–Crippen MR) is 126 cm³/mol. The molecule has 0 bridgehead atoms. The second kappa shape index (κ2) is 9.29. The van der Waals surface area contributed by atoms with Crippen molar-refractivity contribution < 1.29 is 14.7 Å². The first-order valence-corrected chi connectivity index (χ1v) is 11.1. The number of fused-ring (bicyclic) bond motifs is 1. The number of aromatic amines is 1. The minimum Gasteiger partial charge on any atom is -0.477 e. The molecule has 170 valence electrons. The van der Waals surface area contributed by atoms with Gasteiger partial charge < -0.3 is 15.4 Å². The lowest BCUT2D eigenvalue weighted by Gasteiger charge is -2.09. The number of hydrogen-bond donors (Lipinski definition) is 3. The van der Waals surface area contributed by atoms with E-state index in [2.05, 4.69) is 10.3 Å². The summed E-state index contributed by atoms with van der Waals surface area (Å²) in [7, 11) is 1.49. The van der Waals surface area contributed by atoms with Crippen LogP contribution in [-0.2, 0) is 24.8 Å². The van der Waals surface area contributed by atoms with E-state index < -0.39 is 17.2 Å². The van der Waals surface area contributed by atoms with Gasteiger partial charge in [-0.05, 0) is 30.2 Å². The number of carboxylic acids is 1. The van der Waals surface area contributed by atoms with E-state index in [1.54, 1.807) is 0 Å². The maximum Gasteiger partial charge on any atom is 0.345 e. The fourth-order valence-electron chi connectivity index (χ4n) is 3.60. The zero-order valence-corrected chi connectivity index (χ0v) is 18.6. The Morgan fingerprint density at radius 2 is 1.88 bits per heavy atom. The van der Waals surface area contributed by atoms with Crippen molar-refractivity contribution in [3.8, 4) is 11.3 Å². The molecule has 4 aromatic rings. The van der Waals surface area contributed by atoms with E-state index in [0.29, 0.717) is 11.3 Å². The molecule has 0 aliphatic carbocycles. The number of H-pyrrole nitrogens is 1. The summed E-state index contributed by atoms with van der Waals surface area (Å²) in [4.78, 5) is 52.3. The molecule has 3 aromatic heterocycles. The summed E-state index contributed by atoms with van der Waals surface area (Å²) in [5.74, 6) is -1.35. The summed E-state index contributed by atoms with van der Waals surface area (Å²) in [6.07, 6.45) is 0.784. The number of rotatable bonds is 8. The van der Waals surface area contributed by atoms with E-state index in [9.17, 15) is 19.2 Å². The van der Waals surface area contributed by atoms with Crippen molar-refractivity contribution in [3.63, 3.8) is 0 Å². The topological polar surface area (TPSA) is 126 Å². The maximum atomic E-state index is 12.7. The standard InChI is InChI=1S/C23H22N4O5S/c1-26-21-16(13-18(33-21)22(30)31)20(29)27(23(26)32)12-11-24-19(28)10-8-15-7-9-17(25-15)14-5-3-2-4-6-14/h2-7,9,13,25H,8,10-12H2,1H3,(H,24,28)(H,30,31). The van der Waals surface area contributed by atoms with Crippen LogP contribution < -0.4 is 16.6 Å². The highest BCUT2D eigenvalue weighted by Gasteiger charge is 2.17. The smallest absolute Gasteiger partial charge is 0.345 e. The van der Waals surface area contributed by atoms with Crippen LogP contribution in [0.15, 0.2) is 58.1 Å². The zero-order valence-electron chi connectivity index (χ0n) is 17.8. The number of aromatic nitrogens is 3. The van der Waals surface area contributed by atoms with E-state index in [0.717, 1.165) is 32.9 Å². The van der Waals surface area contributed by atoms with Crippen molar-refractivity contribution in [3.05, 3.63) is 79.9 Å². The van der Waals surface area contributed by atoms with Gasteiger partial charge in [0, 0.05) is 37.9 Å². The van der Waals surface area contributed by atoms with Gasteiger partial charge in [0.2, 0.25) is 5.91 Å². The average Bonchev–Trinajstić information content (AvgIpc) is 3.47. The third kappa shape index (κ3) is 4.65. The lowest BCUT2D eigenvalue weighted by molar-refractivity contribution is -0.121. The van der Waals surface area contributed by atoms with E-state index in [1.807, 2.05) is 42.5 Å². The molecule has 0 aliphatic rings. The lowest BCUT2D eigenvalue weighted by Crippen LogP contribution is -2.41. The van der Waals surface area contributed by atoms with Crippen molar-refractivity contribution >= 4 is 33.4 Å². The summed E-state index contributed by atoms with van der Waals surface area (Å²) in [6.45, 7) is 0.0987. The van der Waals surface area contributed by atoms with Gasteiger partial charge in [-0.15, -0.1) is 11.3 Å². The molecule has 0 aliphatic heterocycles. The summed E-state index contributed by atoms with van der Waals surface area (Å²) in [5.41, 5.74) is 1.87. The largest absolute Gasteiger partial charge is 0.477 e. The van der Waals surface area contributed by atoms with Gasteiger partial charge >= 0.3 is 11.7 Å². The first-order valence-electron chi connectivity index (χ1n) is 10.3. The van der Waals surface area contributed by atoms with Gasteiger partial charge in [-0.3, -0.25) is 18.7 Å².